The summed E-state index contributed by atoms with van der Waals surface area (Å²) in [5.74, 6) is 1.94. The highest BCUT2D eigenvalue weighted by Gasteiger charge is 2.36. The predicted molar refractivity (Wildman–Crippen MR) is 94.3 cm³/mol. The lowest BCUT2D eigenvalue weighted by molar-refractivity contribution is -0.122. The van der Waals surface area contributed by atoms with Crippen LogP contribution in [0.15, 0.2) is 17.7 Å². The highest BCUT2D eigenvalue weighted by molar-refractivity contribution is 5.82. The lowest BCUT2D eigenvalue weighted by Crippen LogP contribution is -2.20. The molecule has 2 saturated carbocycles. The van der Waals surface area contributed by atoms with Gasteiger partial charge >= 0.3 is 0 Å². The molecule has 5 rings (SSSR count). The van der Waals surface area contributed by atoms with Crippen LogP contribution >= 0.6 is 0 Å². The molecule has 0 bridgehead atoms. The number of nitrogens with one attached hydrogen (secondary N) is 2. The van der Waals surface area contributed by atoms with Crippen LogP contribution in [-0.4, -0.2) is 22.4 Å². The first-order valence-electron chi connectivity index (χ1n) is 9.34. The Balaban J connectivity index is 1.46. The van der Waals surface area contributed by atoms with Crippen molar-refractivity contribution in [1.29, 1.82) is 0 Å². The quantitative estimate of drug-likeness (QED) is 0.875. The van der Waals surface area contributed by atoms with Gasteiger partial charge in [-0.05, 0) is 74.1 Å². The summed E-state index contributed by atoms with van der Waals surface area (Å²) in [6.45, 7) is 0.721. The minimum atomic E-state index is -0.304. The maximum atomic E-state index is 14.5. The number of halogens is 1. The molecule has 1 aromatic heterocycles. The van der Waals surface area contributed by atoms with Gasteiger partial charge in [-0.2, -0.15) is 0 Å². The summed E-state index contributed by atoms with van der Waals surface area (Å²) in [7, 11) is 0. The van der Waals surface area contributed by atoms with Crippen LogP contribution in [-0.2, 0) is 11.2 Å². The molecular weight excluding hydrogens is 317 g/mol. The van der Waals surface area contributed by atoms with Crippen molar-refractivity contribution in [3.8, 4) is 0 Å². The first-order valence-corrected chi connectivity index (χ1v) is 9.34. The van der Waals surface area contributed by atoms with Gasteiger partial charge in [-0.15, -0.1) is 0 Å². The van der Waals surface area contributed by atoms with E-state index in [0.29, 0.717) is 11.9 Å². The number of imidazole rings is 1. The molecule has 3 fully saturated rings. The number of aromatic nitrogens is 2. The Labute approximate surface area is 145 Å². The van der Waals surface area contributed by atoms with Crippen LogP contribution in [0.25, 0.3) is 17.1 Å². The molecule has 1 saturated heterocycles. The number of amides is 1. The van der Waals surface area contributed by atoms with Crippen LogP contribution < -0.4 is 5.32 Å². The number of H-pyrrole nitrogens is 1. The van der Waals surface area contributed by atoms with Crippen molar-refractivity contribution in [1.82, 2.24) is 15.3 Å². The van der Waals surface area contributed by atoms with Crippen LogP contribution in [0.4, 0.5) is 4.39 Å². The van der Waals surface area contributed by atoms with Gasteiger partial charge in [0, 0.05) is 12.5 Å². The number of nitrogens with zero attached hydrogens (tertiary/aromatic N) is 1. The number of allylic oxidation sites excluding steroid dienone is 1. The number of benzene rings is 1. The molecule has 1 unspecified atom stereocenters. The number of carbonyl (C=O) groups excluding carboxylic acids is 1. The maximum Gasteiger partial charge on any atom is 0.223 e. The number of rotatable bonds is 5. The van der Waals surface area contributed by atoms with Crippen molar-refractivity contribution in [3.05, 3.63) is 34.9 Å². The van der Waals surface area contributed by atoms with E-state index in [1.165, 1.54) is 37.3 Å². The van der Waals surface area contributed by atoms with Crippen LogP contribution in [0.1, 0.15) is 43.5 Å². The van der Waals surface area contributed by atoms with Crippen molar-refractivity contribution in [3.63, 3.8) is 0 Å². The molecule has 2 heterocycles. The van der Waals surface area contributed by atoms with E-state index in [-0.39, 0.29) is 17.6 Å². The van der Waals surface area contributed by atoms with Crippen LogP contribution in [0.5, 0.6) is 0 Å². The highest BCUT2D eigenvalue weighted by Crippen LogP contribution is 2.49. The molecule has 130 valence electrons. The van der Waals surface area contributed by atoms with Gasteiger partial charge in [0.2, 0.25) is 5.91 Å². The first kappa shape index (κ1) is 15.1. The molecule has 1 atom stereocenters. The van der Waals surface area contributed by atoms with Crippen molar-refractivity contribution in [2.24, 2.45) is 17.8 Å². The SMILES string of the molecule is O=C1NCCC1Cc1cc(F)c2nc(C=C(C3CC3)C3CC3)[nH]c2c1. The second-order valence-corrected chi connectivity index (χ2v) is 7.77. The van der Waals surface area contributed by atoms with Crippen molar-refractivity contribution in [2.45, 2.75) is 38.5 Å². The molecular formula is C20H22FN3O. The van der Waals surface area contributed by atoms with Gasteiger partial charge < -0.3 is 10.3 Å². The van der Waals surface area contributed by atoms with Gasteiger partial charge in [-0.1, -0.05) is 5.57 Å². The Hall–Kier alpha value is -2.17. The summed E-state index contributed by atoms with van der Waals surface area (Å²) >= 11 is 0. The van der Waals surface area contributed by atoms with E-state index in [2.05, 4.69) is 21.4 Å². The van der Waals surface area contributed by atoms with E-state index in [4.69, 9.17) is 0 Å². The molecule has 2 aromatic rings. The first-order chi connectivity index (χ1) is 12.2. The van der Waals surface area contributed by atoms with E-state index in [1.807, 2.05) is 6.07 Å². The maximum absolute atomic E-state index is 14.5. The van der Waals surface area contributed by atoms with E-state index in [9.17, 15) is 9.18 Å². The Kier molecular flexibility index (Phi) is 3.43. The predicted octanol–water partition coefficient (Wildman–Crippen LogP) is 3.58. The van der Waals surface area contributed by atoms with E-state index in [0.717, 1.165) is 41.7 Å². The highest BCUT2D eigenvalue weighted by atomic mass is 19.1. The Morgan fingerprint density at radius 2 is 1.96 bits per heavy atom. The average Bonchev–Trinajstić information content (AvgIpc) is 3.50. The molecule has 0 spiro atoms. The van der Waals surface area contributed by atoms with Gasteiger partial charge in [0.1, 0.15) is 11.3 Å². The van der Waals surface area contributed by atoms with Gasteiger partial charge in [-0.3, -0.25) is 4.79 Å². The number of aromatic amines is 1. The van der Waals surface area contributed by atoms with Gasteiger partial charge in [0.15, 0.2) is 5.82 Å². The second-order valence-electron chi connectivity index (χ2n) is 7.77. The van der Waals surface area contributed by atoms with Gasteiger partial charge in [-0.25, -0.2) is 9.37 Å². The van der Waals surface area contributed by atoms with Gasteiger partial charge in [0.25, 0.3) is 0 Å². The standard InChI is InChI=1S/C20H22FN3O/c21-16-8-11(7-14-5-6-22-20(14)25)9-17-19(16)24-18(23-17)10-15(12-1-2-12)13-3-4-13/h8-10,12-14H,1-7H2,(H,22,25)(H,23,24). The van der Waals surface area contributed by atoms with Crippen LogP contribution in [0.3, 0.4) is 0 Å². The lowest BCUT2D eigenvalue weighted by Gasteiger charge is -2.07. The van der Waals surface area contributed by atoms with E-state index in [1.54, 1.807) is 0 Å². The fourth-order valence-corrected chi connectivity index (χ4v) is 4.02. The zero-order valence-corrected chi connectivity index (χ0v) is 14.1. The normalized spacial score (nSPS) is 23.1. The number of hydrogen-bond acceptors (Lipinski definition) is 2. The molecule has 1 aromatic carbocycles. The Morgan fingerprint density at radius 3 is 2.60 bits per heavy atom. The number of hydrogen-bond donors (Lipinski definition) is 2. The summed E-state index contributed by atoms with van der Waals surface area (Å²) in [6.07, 6.45) is 8.68. The van der Waals surface area contributed by atoms with Crippen LogP contribution in [0, 0.1) is 23.6 Å². The smallest absolute Gasteiger partial charge is 0.223 e. The zero-order chi connectivity index (χ0) is 17.0. The molecule has 5 heteroatoms. The molecule has 1 amide bonds. The Morgan fingerprint density at radius 1 is 1.20 bits per heavy atom. The minimum Gasteiger partial charge on any atom is -0.356 e. The van der Waals surface area contributed by atoms with Crippen molar-refractivity contribution >= 4 is 23.0 Å². The third-order valence-electron chi connectivity index (χ3n) is 5.66. The minimum absolute atomic E-state index is 0.0459. The summed E-state index contributed by atoms with van der Waals surface area (Å²) < 4.78 is 14.5. The van der Waals surface area contributed by atoms with Crippen molar-refractivity contribution < 1.29 is 9.18 Å². The fourth-order valence-electron chi connectivity index (χ4n) is 4.02. The fraction of sp³-hybridized carbons (Fsp3) is 0.500. The molecule has 0 radical (unpaired) electrons. The second kappa shape index (κ2) is 5.68. The third kappa shape index (κ3) is 2.96. The summed E-state index contributed by atoms with van der Waals surface area (Å²) in [5.41, 5.74) is 3.49. The topological polar surface area (TPSA) is 57.8 Å². The van der Waals surface area contributed by atoms with E-state index >= 15 is 0 Å². The molecule has 25 heavy (non-hydrogen) atoms. The van der Waals surface area contributed by atoms with Crippen molar-refractivity contribution in [2.75, 3.05) is 6.54 Å². The molecule has 3 aliphatic rings. The summed E-state index contributed by atoms with van der Waals surface area (Å²) in [6, 6.07) is 3.48. The molecule has 1 aliphatic heterocycles. The molecule has 2 aliphatic carbocycles. The lowest BCUT2D eigenvalue weighted by atomic mass is 9.97. The zero-order valence-electron chi connectivity index (χ0n) is 14.1. The molecule has 4 nitrogen and oxygen atoms in total. The largest absolute Gasteiger partial charge is 0.356 e. The number of carbonyl (C=O) groups is 1. The third-order valence-corrected chi connectivity index (χ3v) is 5.66. The average molecular weight is 339 g/mol. The van der Waals surface area contributed by atoms with E-state index < -0.39 is 0 Å². The molecule has 2 N–H and O–H groups in total. The van der Waals surface area contributed by atoms with Crippen LogP contribution in [0.2, 0.25) is 0 Å². The monoisotopic (exact) mass is 339 g/mol. The number of fused-ring (bicyclic) bond motifs is 1. The van der Waals surface area contributed by atoms with Gasteiger partial charge in [0.05, 0.1) is 5.52 Å². The Bertz CT molecular complexity index is 862. The summed E-state index contributed by atoms with van der Waals surface area (Å²) in [4.78, 5) is 19.5. The summed E-state index contributed by atoms with van der Waals surface area (Å²) in [5, 5.41) is 2.84.